The predicted octanol–water partition coefficient (Wildman–Crippen LogP) is 2.79. The van der Waals surface area contributed by atoms with Gasteiger partial charge in [-0.15, -0.1) is 0 Å². The Morgan fingerprint density at radius 2 is 2.21 bits per heavy atom. The van der Waals surface area contributed by atoms with E-state index in [2.05, 4.69) is 17.1 Å². The summed E-state index contributed by atoms with van der Waals surface area (Å²) < 4.78 is 26.5. The lowest BCUT2D eigenvalue weighted by atomic mass is 9.97. The van der Waals surface area contributed by atoms with Gasteiger partial charge in [-0.1, -0.05) is 13.0 Å². The normalized spacial score (nSPS) is 20.7. The summed E-state index contributed by atoms with van der Waals surface area (Å²) in [5.41, 5.74) is 0.588. The van der Waals surface area contributed by atoms with Crippen LogP contribution in [0.5, 0.6) is 0 Å². The second-order valence-corrected chi connectivity index (χ2v) is 5.29. The Kier molecular flexibility index (Phi) is 5.28. The van der Waals surface area contributed by atoms with Gasteiger partial charge < -0.3 is 5.32 Å². The summed E-state index contributed by atoms with van der Waals surface area (Å²) in [7, 11) is 0. The number of benzene rings is 1. The molecule has 2 nitrogen and oxygen atoms in total. The molecule has 1 aromatic rings. The second kappa shape index (κ2) is 6.96. The molecule has 0 aromatic heterocycles. The van der Waals surface area contributed by atoms with E-state index in [-0.39, 0.29) is 0 Å². The number of nitrogens with one attached hydrogen (secondary N) is 1. The van der Waals surface area contributed by atoms with Gasteiger partial charge in [-0.25, -0.2) is 8.78 Å². The molecule has 0 spiro atoms. The minimum atomic E-state index is -0.509. The summed E-state index contributed by atoms with van der Waals surface area (Å²) in [6, 6.07) is 3.85. The number of piperidine rings is 1. The van der Waals surface area contributed by atoms with Gasteiger partial charge in [-0.3, -0.25) is 4.90 Å². The van der Waals surface area contributed by atoms with Crippen molar-refractivity contribution in [2.45, 2.75) is 26.3 Å². The molecule has 106 valence electrons. The molecule has 0 radical (unpaired) electrons. The molecule has 1 aliphatic heterocycles. The van der Waals surface area contributed by atoms with Crippen LogP contribution in [0.25, 0.3) is 0 Å². The molecule has 1 aliphatic rings. The lowest BCUT2D eigenvalue weighted by molar-refractivity contribution is 0.164. The maximum atomic E-state index is 13.6. The first kappa shape index (κ1) is 14.4. The molecule has 0 aliphatic carbocycles. The highest BCUT2D eigenvalue weighted by Crippen LogP contribution is 2.19. The largest absolute Gasteiger partial charge is 0.317 e. The SMILES string of the molecule is CCNCC1CCCN(Cc2ccc(F)cc2F)C1. The summed E-state index contributed by atoms with van der Waals surface area (Å²) in [5.74, 6) is -0.309. The standard InChI is InChI=1S/C15H22F2N2/c1-2-18-9-12-4-3-7-19(10-12)11-13-5-6-14(16)8-15(13)17/h5-6,8,12,18H,2-4,7,9-11H2,1H3. The van der Waals surface area contributed by atoms with Crippen LogP contribution in [0.4, 0.5) is 8.78 Å². The highest BCUT2D eigenvalue weighted by Gasteiger charge is 2.20. The molecule has 2 rings (SSSR count). The highest BCUT2D eigenvalue weighted by atomic mass is 19.1. The van der Waals surface area contributed by atoms with E-state index in [1.165, 1.54) is 12.5 Å². The summed E-state index contributed by atoms with van der Waals surface area (Å²) in [6.45, 7) is 6.69. The molecule has 19 heavy (non-hydrogen) atoms. The van der Waals surface area contributed by atoms with Gasteiger partial charge in [0.15, 0.2) is 0 Å². The minimum absolute atomic E-state index is 0.436. The van der Waals surface area contributed by atoms with Crippen molar-refractivity contribution in [1.29, 1.82) is 0 Å². The maximum Gasteiger partial charge on any atom is 0.130 e. The van der Waals surface area contributed by atoms with Crippen LogP contribution in [0.15, 0.2) is 18.2 Å². The zero-order valence-electron chi connectivity index (χ0n) is 11.5. The molecule has 4 heteroatoms. The average molecular weight is 268 g/mol. The third-order valence-corrected chi connectivity index (χ3v) is 3.70. The molecule has 1 aromatic carbocycles. The fourth-order valence-electron chi connectivity index (χ4n) is 2.70. The monoisotopic (exact) mass is 268 g/mol. The van der Waals surface area contributed by atoms with Crippen LogP contribution in [0.1, 0.15) is 25.3 Å². The topological polar surface area (TPSA) is 15.3 Å². The van der Waals surface area contributed by atoms with Crippen molar-refractivity contribution in [2.24, 2.45) is 5.92 Å². The lowest BCUT2D eigenvalue weighted by Gasteiger charge is -2.33. The molecule has 0 amide bonds. The van der Waals surface area contributed by atoms with Crippen molar-refractivity contribution in [3.8, 4) is 0 Å². The Morgan fingerprint density at radius 3 is 2.95 bits per heavy atom. The molecule has 1 unspecified atom stereocenters. The van der Waals surface area contributed by atoms with E-state index < -0.39 is 11.6 Å². The van der Waals surface area contributed by atoms with Crippen molar-refractivity contribution < 1.29 is 8.78 Å². The van der Waals surface area contributed by atoms with E-state index in [1.54, 1.807) is 6.07 Å². The van der Waals surface area contributed by atoms with E-state index in [0.29, 0.717) is 18.0 Å². The molecular formula is C15H22F2N2. The van der Waals surface area contributed by atoms with Gasteiger partial charge in [-0.05, 0) is 44.5 Å². The van der Waals surface area contributed by atoms with Crippen molar-refractivity contribution >= 4 is 0 Å². The fraction of sp³-hybridized carbons (Fsp3) is 0.600. The van der Waals surface area contributed by atoms with Crippen molar-refractivity contribution in [1.82, 2.24) is 10.2 Å². The zero-order valence-corrected chi connectivity index (χ0v) is 11.5. The summed E-state index contributed by atoms with van der Waals surface area (Å²) >= 11 is 0. The van der Waals surface area contributed by atoms with Crippen LogP contribution >= 0.6 is 0 Å². The van der Waals surface area contributed by atoms with Crippen LogP contribution in [0, 0.1) is 17.6 Å². The number of halogens is 2. The van der Waals surface area contributed by atoms with E-state index >= 15 is 0 Å². The van der Waals surface area contributed by atoms with E-state index in [0.717, 1.165) is 38.7 Å². The quantitative estimate of drug-likeness (QED) is 0.883. The van der Waals surface area contributed by atoms with Gasteiger partial charge >= 0.3 is 0 Å². The number of nitrogens with zero attached hydrogens (tertiary/aromatic N) is 1. The fourth-order valence-corrected chi connectivity index (χ4v) is 2.70. The van der Waals surface area contributed by atoms with Crippen LogP contribution in [-0.4, -0.2) is 31.1 Å². The molecule has 1 atom stereocenters. The first-order chi connectivity index (χ1) is 9.19. The first-order valence-electron chi connectivity index (χ1n) is 7.06. The van der Waals surface area contributed by atoms with Gasteiger partial charge in [0.2, 0.25) is 0 Å². The average Bonchev–Trinajstić information content (AvgIpc) is 2.40. The molecule has 1 fully saturated rings. The minimum Gasteiger partial charge on any atom is -0.317 e. The molecule has 1 N–H and O–H groups in total. The lowest BCUT2D eigenvalue weighted by Crippen LogP contribution is -2.39. The van der Waals surface area contributed by atoms with Crippen LogP contribution < -0.4 is 5.32 Å². The third-order valence-electron chi connectivity index (χ3n) is 3.70. The maximum absolute atomic E-state index is 13.6. The van der Waals surface area contributed by atoms with Gasteiger partial charge in [0.25, 0.3) is 0 Å². The predicted molar refractivity (Wildman–Crippen MR) is 72.9 cm³/mol. The number of hydrogen-bond donors (Lipinski definition) is 1. The van der Waals surface area contributed by atoms with E-state index in [1.807, 2.05) is 0 Å². The number of hydrogen-bond acceptors (Lipinski definition) is 2. The molecule has 1 saturated heterocycles. The summed E-state index contributed by atoms with van der Waals surface area (Å²) in [6.07, 6.45) is 2.38. The molecule has 0 saturated carbocycles. The Labute approximate surface area is 113 Å². The zero-order chi connectivity index (χ0) is 13.7. The van der Waals surface area contributed by atoms with Crippen molar-refractivity contribution in [3.05, 3.63) is 35.4 Å². The molecule has 1 heterocycles. The second-order valence-electron chi connectivity index (χ2n) is 5.29. The van der Waals surface area contributed by atoms with Gasteiger partial charge in [0.05, 0.1) is 0 Å². The van der Waals surface area contributed by atoms with E-state index in [9.17, 15) is 8.78 Å². The Morgan fingerprint density at radius 1 is 1.37 bits per heavy atom. The van der Waals surface area contributed by atoms with Crippen LogP contribution in [0.3, 0.4) is 0 Å². The highest BCUT2D eigenvalue weighted by molar-refractivity contribution is 5.18. The molecular weight excluding hydrogens is 246 g/mol. The summed E-state index contributed by atoms with van der Waals surface area (Å²) in [5, 5.41) is 3.37. The van der Waals surface area contributed by atoms with Gasteiger partial charge in [0.1, 0.15) is 11.6 Å². The Hall–Kier alpha value is -1.00. The Balaban J connectivity index is 1.91. The summed E-state index contributed by atoms with van der Waals surface area (Å²) in [4.78, 5) is 2.27. The van der Waals surface area contributed by atoms with Crippen molar-refractivity contribution in [3.63, 3.8) is 0 Å². The number of rotatable bonds is 5. The first-order valence-corrected chi connectivity index (χ1v) is 7.06. The molecule has 0 bridgehead atoms. The third kappa shape index (κ3) is 4.25. The Bertz CT molecular complexity index is 409. The van der Waals surface area contributed by atoms with Gasteiger partial charge in [-0.2, -0.15) is 0 Å². The van der Waals surface area contributed by atoms with Gasteiger partial charge in [0, 0.05) is 24.7 Å². The van der Waals surface area contributed by atoms with Crippen molar-refractivity contribution in [2.75, 3.05) is 26.2 Å². The van der Waals surface area contributed by atoms with Crippen LogP contribution in [0.2, 0.25) is 0 Å². The van der Waals surface area contributed by atoms with Crippen LogP contribution in [-0.2, 0) is 6.54 Å². The van der Waals surface area contributed by atoms with E-state index in [4.69, 9.17) is 0 Å². The number of likely N-dealkylation sites (tertiary alicyclic amines) is 1. The smallest absolute Gasteiger partial charge is 0.130 e.